The van der Waals surface area contributed by atoms with Crippen LogP contribution in [-0.4, -0.2) is 11.1 Å². The lowest BCUT2D eigenvalue weighted by atomic mass is 10.0. The smallest absolute Gasteiger partial charge is 0.307 e. The minimum atomic E-state index is -0.867. The molecule has 0 radical (unpaired) electrons. The predicted octanol–water partition coefficient (Wildman–Crippen LogP) is 7.07. The molecule has 3 nitrogen and oxygen atoms in total. The Morgan fingerprint density at radius 2 is 1.63 bits per heavy atom. The van der Waals surface area contributed by atoms with Gasteiger partial charge in [-0.15, -0.1) is 0 Å². The molecule has 30 heavy (non-hydrogen) atoms. The van der Waals surface area contributed by atoms with E-state index in [9.17, 15) is 14.3 Å². The number of hydrogen-bond acceptors (Lipinski definition) is 2. The van der Waals surface area contributed by atoms with Gasteiger partial charge in [0.1, 0.15) is 17.3 Å². The third kappa shape index (κ3) is 4.14. The van der Waals surface area contributed by atoms with E-state index in [-0.39, 0.29) is 12.2 Å². The maximum absolute atomic E-state index is 13.0. The molecule has 3 aromatic rings. The zero-order chi connectivity index (χ0) is 21.3. The molecule has 0 amide bonds. The first-order valence-electron chi connectivity index (χ1n) is 9.38. The van der Waals surface area contributed by atoms with E-state index in [1.54, 1.807) is 18.2 Å². The lowest BCUT2D eigenvalue weighted by Gasteiger charge is -2.07. The Hall–Kier alpha value is -3.37. The predicted molar refractivity (Wildman–Crippen MR) is 117 cm³/mol. The fourth-order valence-electron chi connectivity index (χ4n) is 3.57. The van der Waals surface area contributed by atoms with E-state index in [0.29, 0.717) is 16.5 Å². The van der Waals surface area contributed by atoms with Crippen LogP contribution in [0.15, 0.2) is 72.3 Å². The van der Waals surface area contributed by atoms with Gasteiger partial charge in [-0.25, -0.2) is 4.39 Å². The van der Waals surface area contributed by atoms with Gasteiger partial charge in [-0.3, -0.25) is 4.79 Å². The standard InChI is InChI=1S/C25H18ClFO3/c1-15-22(24-13-17(26)4-11-21(24)23(15)14-25(28)29)12-16-2-7-19(8-3-16)30-20-9-5-18(27)6-10-20/h2-13H,14H2,1H3,(H,28,29)/b22-12-. The van der Waals surface area contributed by atoms with Crippen LogP contribution in [0.2, 0.25) is 5.02 Å². The van der Waals surface area contributed by atoms with Gasteiger partial charge in [0, 0.05) is 5.02 Å². The average Bonchev–Trinajstić information content (AvgIpc) is 2.96. The highest BCUT2D eigenvalue weighted by atomic mass is 35.5. The average molecular weight is 421 g/mol. The van der Waals surface area contributed by atoms with Crippen molar-refractivity contribution < 1.29 is 19.0 Å². The summed E-state index contributed by atoms with van der Waals surface area (Å²) in [6, 6.07) is 18.9. The molecule has 3 aromatic carbocycles. The molecule has 0 saturated heterocycles. The number of hydrogen-bond donors (Lipinski definition) is 1. The summed E-state index contributed by atoms with van der Waals surface area (Å²) in [6.07, 6.45) is 1.98. The fraction of sp³-hybridized carbons (Fsp3) is 0.0800. The second-order valence-electron chi connectivity index (χ2n) is 7.05. The number of benzene rings is 3. The number of fused-ring (bicyclic) bond motifs is 1. The number of carboxylic acid groups (broad SMARTS) is 1. The highest BCUT2D eigenvalue weighted by Gasteiger charge is 2.25. The van der Waals surface area contributed by atoms with Crippen molar-refractivity contribution in [3.63, 3.8) is 0 Å². The summed E-state index contributed by atoms with van der Waals surface area (Å²) in [5.74, 6) is 0.0113. The van der Waals surface area contributed by atoms with Gasteiger partial charge in [0.25, 0.3) is 0 Å². The van der Waals surface area contributed by atoms with Gasteiger partial charge < -0.3 is 9.84 Å². The number of aliphatic carboxylic acids is 1. The summed E-state index contributed by atoms with van der Waals surface area (Å²) in [5.41, 5.74) is 5.47. The molecule has 5 heteroatoms. The molecule has 0 bridgehead atoms. The third-order valence-corrected chi connectivity index (χ3v) is 5.26. The maximum Gasteiger partial charge on any atom is 0.307 e. The van der Waals surface area contributed by atoms with Crippen molar-refractivity contribution in [1.82, 2.24) is 0 Å². The molecule has 1 aliphatic rings. The van der Waals surface area contributed by atoms with Crippen molar-refractivity contribution in [2.75, 3.05) is 0 Å². The Morgan fingerprint density at radius 1 is 1.00 bits per heavy atom. The topological polar surface area (TPSA) is 46.5 Å². The molecule has 1 N–H and O–H groups in total. The zero-order valence-corrected chi connectivity index (χ0v) is 16.9. The van der Waals surface area contributed by atoms with Gasteiger partial charge in [0.05, 0.1) is 6.42 Å². The maximum atomic E-state index is 13.0. The molecule has 4 rings (SSSR count). The van der Waals surface area contributed by atoms with Crippen LogP contribution in [0.4, 0.5) is 4.39 Å². The molecule has 0 saturated carbocycles. The minimum Gasteiger partial charge on any atom is -0.481 e. The van der Waals surface area contributed by atoms with Crippen LogP contribution < -0.4 is 4.74 Å². The van der Waals surface area contributed by atoms with Crippen molar-refractivity contribution in [1.29, 1.82) is 0 Å². The molecule has 0 atom stereocenters. The summed E-state index contributed by atoms with van der Waals surface area (Å²) in [5, 5.41) is 9.90. The van der Waals surface area contributed by atoms with Crippen LogP contribution in [0.25, 0.3) is 17.2 Å². The Labute approximate surface area is 178 Å². The van der Waals surface area contributed by atoms with Gasteiger partial charge in [0.2, 0.25) is 0 Å². The second kappa shape index (κ2) is 8.17. The first kappa shape index (κ1) is 19.9. The number of carbonyl (C=O) groups is 1. The van der Waals surface area contributed by atoms with Crippen molar-refractivity contribution in [3.8, 4) is 11.5 Å². The van der Waals surface area contributed by atoms with Gasteiger partial charge in [-0.2, -0.15) is 0 Å². The van der Waals surface area contributed by atoms with Crippen molar-refractivity contribution >= 4 is 34.8 Å². The van der Waals surface area contributed by atoms with Crippen LogP contribution >= 0.6 is 11.6 Å². The summed E-state index contributed by atoms with van der Waals surface area (Å²) >= 11 is 6.20. The first-order chi connectivity index (χ1) is 14.4. The number of ether oxygens (including phenoxy) is 1. The number of rotatable bonds is 5. The van der Waals surface area contributed by atoms with E-state index in [4.69, 9.17) is 16.3 Å². The monoisotopic (exact) mass is 420 g/mol. The van der Waals surface area contributed by atoms with Crippen molar-refractivity contribution in [3.05, 3.63) is 99.8 Å². The van der Waals surface area contributed by atoms with Gasteiger partial charge in [-0.1, -0.05) is 29.8 Å². The first-order valence-corrected chi connectivity index (χ1v) is 9.76. The largest absolute Gasteiger partial charge is 0.481 e. The molecule has 0 aliphatic heterocycles. The Kier molecular flexibility index (Phi) is 5.42. The van der Waals surface area contributed by atoms with Gasteiger partial charge >= 0.3 is 5.97 Å². The Morgan fingerprint density at radius 3 is 2.27 bits per heavy atom. The summed E-state index contributed by atoms with van der Waals surface area (Å²) in [6.45, 7) is 1.93. The second-order valence-corrected chi connectivity index (χ2v) is 7.48. The van der Waals surface area contributed by atoms with Crippen LogP contribution in [0.1, 0.15) is 30.0 Å². The lowest BCUT2D eigenvalue weighted by Crippen LogP contribution is -1.96. The molecule has 0 aromatic heterocycles. The van der Waals surface area contributed by atoms with E-state index in [2.05, 4.69) is 0 Å². The lowest BCUT2D eigenvalue weighted by molar-refractivity contribution is -0.135. The van der Waals surface area contributed by atoms with Crippen LogP contribution in [0.3, 0.4) is 0 Å². The Balaban J connectivity index is 1.65. The summed E-state index contributed by atoms with van der Waals surface area (Å²) in [7, 11) is 0. The van der Waals surface area contributed by atoms with Crippen molar-refractivity contribution in [2.24, 2.45) is 0 Å². The SMILES string of the molecule is CC1=C(CC(=O)O)c2ccc(Cl)cc2/C1=C\c1ccc(Oc2ccc(F)cc2)cc1. The molecular weight excluding hydrogens is 403 g/mol. The van der Waals surface area contributed by atoms with E-state index in [0.717, 1.165) is 33.4 Å². The van der Waals surface area contributed by atoms with Gasteiger partial charge in [-0.05, 0) is 94.9 Å². The third-order valence-electron chi connectivity index (χ3n) is 5.02. The summed E-state index contributed by atoms with van der Waals surface area (Å²) < 4.78 is 18.8. The number of carboxylic acids is 1. The molecule has 1 aliphatic carbocycles. The quantitative estimate of drug-likeness (QED) is 0.480. The van der Waals surface area contributed by atoms with Crippen molar-refractivity contribution in [2.45, 2.75) is 13.3 Å². The number of halogens is 2. The van der Waals surface area contributed by atoms with E-state index in [1.165, 1.54) is 12.1 Å². The molecule has 0 spiro atoms. The summed E-state index contributed by atoms with van der Waals surface area (Å²) in [4.78, 5) is 11.3. The highest BCUT2D eigenvalue weighted by Crippen LogP contribution is 2.44. The molecule has 150 valence electrons. The molecule has 0 fully saturated rings. The van der Waals surface area contributed by atoms with E-state index >= 15 is 0 Å². The Bertz CT molecular complexity index is 1180. The zero-order valence-electron chi connectivity index (χ0n) is 16.2. The number of allylic oxidation sites excluding steroid dienone is 2. The van der Waals surface area contributed by atoms with Crippen LogP contribution in [-0.2, 0) is 4.79 Å². The highest BCUT2D eigenvalue weighted by molar-refractivity contribution is 6.31. The van der Waals surface area contributed by atoms with Crippen LogP contribution in [0.5, 0.6) is 11.5 Å². The van der Waals surface area contributed by atoms with E-state index in [1.807, 2.05) is 49.4 Å². The fourth-order valence-corrected chi connectivity index (χ4v) is 3.74. The molecule has 0 heterocycles. The van der Waals surface area contributed by atoms with Crippen LogP contribution in [0, 0.1) is 5.82 Å². The normalized spacial score (nSPS) is 14.2. The minimum absolute atomic E-state index is 0.0394. The molecular formula is C25H18ClFO3. The van der Waals surface area contributed by atoms with Gasteiger partial charge in [0.15, 0.2) is 0 Å². The molecule has 0 unspecified atom stereocenters. The van der Waals surface area contributed by atoms with E-state index < -0.39 is 5.97 Å².